The number of aliphatic hydroxyl groups is 1. The minimum atomic E-state index is 0.268. The highest BCUT2D eigenvalue weighted by Crippen LogP contribution is 2.19. The molecule has 0 bridgehead atoms. The topological polar surface area (TPSA) is 52.5 Å². The second kappa shape index (κ2) is 8.01. The van der Waals surface area contributed by atoms with Crippen LogP contribution in [0.4, 0.5) is 0 Å². The second-order valence-electron chi connectivity index (χ2n) is 6.95. The lowest BCUT2D eigenvalue weighted by Gasteiger charge is -2.33. The first-order valence-electron chi connectivity index (χ1n) is 8.89. The first kappa shape index (κ1) is 17.3. The number of aryl methyl sites for hydroxylation is 1. The van der Waals surface area contributed by atoms with Crippen molar-refractivity contribution >= 4 is 11.0 Å². The van der Waals surface area contributed by atoms with E-state index in [2.05, 4.69) is 28.8 Å². The van der Waals surface area contributed by atoms with Gasteiger partial charge in [-0.25, -0.2) is 9.97 Å². The van der Waals surface area contributed by atoms with Crippen LogP contribution in [0.15, 0.2) is 24.3 Å². The number of fused-ring (bicyclic) bond motifs is 1. The third-order valence-corrected chi connectivity index (χ3v) is 4.96. The van der Waals surface area contributed by atoms with Crippen LogP contribution in [0.2, 0.25) is 0 Å². The summed E-state index contributed by atoms with van der Waals surface area (Å²) in [7, 11) is 2.18. The van der Waals surface area contributed by atoms with E-state index in [1.807, 2.05) is 24.3 Å². The first-order valence-corrected chi connectivity index (χ1v) is 8.89. The van der Waals surface area contributed by atoms with Crippen molar-refractivity contribution in [3.63, 3.8) is 0 Å². The molecule has 1 fully saturated rings. The molecule has 0 atom stereocenters. The quantitative estimate of drug-likeness (QED) is 0.880. The smallest absolute Gasteiger partial charge is 0.0890 e. The van der Waals surface area contributed by atoms with Crippen molar-refractivity contribution < 1.29 is 5.11 Å². The average molecular weight is 328 g/mol. The summed E-state index contributed by atoms with van der Waals surface area (Å²) in [6.07, 6.45) is 2.43. The molecule has 5 nitrogen and oxygen atoms in total. The van der Waals surface area contributed by atoms with Crippen molar-refractivity contribution in [2.75, 3.05) is 39.8 Å². The fraction of sp³-hybridized carbons (Fsp3) is 0.579. The summed E-state index contributed by atoms with van der Waals surface area (Å²) in [5.74, 6) is 0.735. The Morgan fingerprint density at radius 1 is 1.17 bits per heavy atom. The van der Waals surface area contributed by atoms with Crippen LogP contribution >= 0.6 is 0 Å². The van der Waals surface area contributed by atoms with Crippen LogP contribution in [0.25, 0.3) is 11.0 Å². The van der Waals surface area contributed by atoms with Crippen LogP contribution in [0.5, 0.6) is 0 Å². The highest BCUT2D eigenvalue weighted by molar-refractivity contribution is 5.74. The van der Waals surface area contributed by atoms with Gasteiger partial charge in [-0.1, -0.05) is 12.1 Å². The lowest BCUT2D eigenvalue weighted by Crippen LogP contribution is -2.39. The largest absolute Gasteiger partial charge is 0.395 e. The van der Waals surface area contributed by atoms with Crippen molar-refractivity contribution in [3.8, 4) is 0 Å². The molecule has 1 aliphatic heterocycles. The minimum Gasteiger partial charge on any atom is -0.395 e. The van der Waals surface area contributed by atoms with Gasteiger partial charge in [-0.3, -0.25) is 0 Å². The molecule has 0 unspecified atom stereocenters. The van der Waals surface area contributed by atoms with Gasteiger partial charge in [-0.05, 0) is 58.0 Å². The molecule has 1 N–H and O–H groups in total. The van der Waals surface area contributed by atoms with Crippen molar-refractivity contribution in [1.29, 1.82) is 0 Å². The Morgan fingerprint density at radius 3 is 2.50 bits per heavy atom. The zero-order valence-electron chi connectivity index (χ0n) is 14.8. The number of aromatic nitrogens is 2. The molecule has 0 amide bonds. The standard InChI is InChI=1S/C19H28N4O/c1-15-19(21-18-6-4-3-5-17(18)20-15)14-22(2)13-16-7-9-23(10-8-16)11-12-24/h3-6,16,24H,7-14H2,1-2H3. The average Bonchev–Trinajstić information content (AvgIpc) is 2.57. The number of rotatable bonds is 6. The molecule has 24 heavy (non-hydrogen) atoms. The minimum absolute atomic E-state index is 0.268. The van der Waals surface area contributed by atoms with Crippen LogP contribution < -0.4 is 0 Å². The number of β-amino-alcohol motifs (C(OH)–C–C–N with tert-alkyl or cyclic N) is 1. The summed E-state index contributed by atoms with van der Waals surface area (Å²) in [4.78, 5) is 14.2. The summed E-state index contributed by atoms with van der Waals surface area (Å²) in [6.45, 7) is 7.29. The van der Waals surface area contributed by atoms with Gasteiger partial charge in [0.1, 0.15) is 0 Å². The van der Waals surface area contributed by atoms with Gasteiger partial charge in [-0.2, -0.15) is 0 Å². The van der Waals surface area contributed by atoms with Crippen LogP contribution in [0.1, 0.15) is 24.2 Å². The van der Waals surface area contributed by atoms with Crippen molar-refractivity contribution in [2.24, 2.45) is 5.92 Å². The lowest BCUT2D eigenvalue weighted by atomic mass is 9.96. The van der Waals surface area contributed by atoms with Gasteiger partial charge >= 0.3 is 0 Å². The van der Waals surface area contributed by atoms with Crippen molar-refractivity contribution in [1.82, 2.24) is 19.8 Å². The molecule has 0 aliphatic carbocycles. The fourth-order valence-electron chi connectivity index (χ4n) is 3.57. The Bertz CT molecular complexity index is 667. The Balaban J connectivity index is 1.57. The van der Waals surface area contributed by atoms with E-state index in [0.717, 1.165) is 61.1 Å². The van der Waals surface area contributed by atoms with Gasteiger partial charge in [0.15, 0.2) is 0 Å². The number of para-hydroxylation sites is 2. The van der Waals surface area contributed by atoms with Crippen molar-refractivity contribution in [2.45, 2.75) is 26.3 Å². The molecule has 0 spiro atoms. The van der Waals surface area contributed by atoms with Gasteiger partial charge in [0, 0.05) is 19.6 Å². The molecule has 1 aliphatic rings. The highest BCUT2D eigenvalue weighted by Gasteiger charge is 2.20. The molecule has 2 aromatic rings. The molecule has 130 valence electrons. The maximum absolute atomic E-state index is 9.03. The van der Waals surface area contributed by atoms with Gasteiger partial charge in [0.2, 0.25) is 0 Å². The molecule has 3 rings (SSSR count). The van der Waals surface area contributed by atoms with E-state index in [4.69, 9.17) is 10.1 Å². The van der Waals surface area contributed by atoms with E-state index in [9.17, 15) is 0 Å². The Morgan fingerprint density at radius 2 is 1.83 bits per heavy atom. The normalized spacial score (nSPS) is 17.0. The van der Waals surface area contributed by atoms with E-state index in [-0.39, 0.29) is 6.61 Å². The molecular weight excluding hydrogens is 300 g/mol. The Hall–Kier alpha value is -1.56. The first-order chi connectivity index (χ1) is 11.7. The molecule has 1 saturated heterocycles. The van der Waals surface area contributed by atoms with Crippen LogP contribution in [0.3, 0.4) is 0 Å². The Kier molecular flexibility index (Phi) is 5.76. The zero-order valence-corrected chi connectivity index (χ0v) is 14.8. The van der Waals surface area contributed by atoms with E-state index in [1.165, 1.54) is 12.8 Å². The highest BCUT2D eigenvalue weighted by atomic mass is 16.3. The summed E-state index contributed by atoms with van der Waals surface area (Å²) in [6, 6.07) is 8.07. The fourth-order valence-corrected chi connectivity index (χ4v) is 3.57. The number of benzene rings is 1. The number of likely N-dealkylation sites (tertiary alicyclic amines) is 1. The van der Waals surface area contributed by atoms with Crippen LogP contribution in [-0.2, 0) is 6.54 Å². The lowest BCUT2D eigenvalue weighted by molar-refractivity contribution is 0.129. The molecule has 2 heterocycles. The van der Waals surface area contributed by atoms with Crippen LogP contribution in [-0.4, -0.2) is 64.7 Å². The number of piperidine rings is 1. The van der Waals surface area contributed by atoms with E-state index < -0.39 is 0 Å². The number of aliphatic hydroxyl groups excluding tert-OH is 1. The van der Waals surface area contributed by atoms with Crippen molar-refractivity contribution in [3.05, 3.63) is 35.7 Å². The predicted molar refractivity (Wildman–Crippen MR) is 96.9 cm³/mol. The molecular formula is C19H28N4O. The number of nitrogens with zero attached hydrogens (tertiary/aromatic N) is 4. The number of hydrogen-bond donors (Lipinski definition) is 1. The molecule has 0 radical (unpaired) electrons. The maximum atomic E-state index is 9.03. The van der Waals surface area contributed by atoms with E-state index in [1.54, 1.807) is 0 Å². The Labute approximate surface area is 144 Å². The zero-order chi connectivity index (χ0) is 16.9. The van der Waals surface area contributed by atoms with E-state index in [0.29, 0.717) is 0 Å². The van der Waals surface area contributed by atoms with E-state index >= 15 is 0 Å². The second-order valence-corrected chi connectivity index (χ2v) is 6.95. The molecule has 0 saturated carbocycles. The van der Waals surface area contributed by atoms with Gasteiger partial charge < -0.3 is 14.9 Å². The third kappa shape index (κ3) is 4.29. The summed E-state index contributed by atoms with van der Waals surface area (Å²) in [5, 5.41) is 9.03. The van der Waals surface area contributed by atoms with Gasteiger partial charge in [0.25, 0.3) is 0 Å². The predicted octanol–water partition coefficient (Wildman–Crippen LogP) is 2.07. The van der Waals surface area contributed by atoms with Crippen LogP contribution in [0, 0.1) is 12.8 Å². The summed E-state index contributed by atoms with van der Waals surface area (Å²) in [5.41, 5.74) is 4.05. The van der Waals surface area contributed by atoms with Gasteiger partial charge in [0.05, 0.1) is 29.0 Å². The molecule has 1 aromatic carbocycles. The number of hydrogen-bond acceptors (Lipinski definition) is 5. The molecule has 5 heteroatoms. The monoisotopic (exact) mass is 328 g/mol. The maximum Gasteiger partial charge on any atom is 0.0890 e. The molecule has 1 aromatic heterocycles. The third-order valence-electron chi connectivity index (χ3n) is 4.96. The SMILES string of the molecule is Cc1nc2ccccc2nc1CN(C)CC1CCN(CCO)CC1. The summed E-state index contributed by atoms with van der Waals surface area (Å²) >= 11 is 0. The summed E-state index contributed by atoms with van der Waals surface area (Å²) < 4.78 is 0. The van der Waals surface area contributed by atoms with Gasteiger partial charge in [-0.15, -0.1) is 0 Å².